The molecule has 0 radical (unpaired) electrons. The Morgan fingerprint density at radius 2 is 2.32 bits per heavy atom. The van der Waals surface area contributed by atoms with Crippen LogP contribution in [-0.2, 0) is 4.74 Å². The molecule has 5 nitrogen and oxygen atoms in total. The lowest BCUT2D eigenvalue weighted by molar-refractivity contribution is 0.0215. The Hall–Kier alpha value is -0.880. The van der Waals surface area contributed by atoms with E-state index in [1.165, 1.54) is 12.8 Å². The summed E-state index contributed by atoms with van der Waals surface area (Å²) in [6, 6.07) is 0. The first kappa shape index (κ1) is 14.5. The van der Waals surface area contributed by atoms with Crippen molar-refractivity contribution in [2.24, 2.45) is 0 Å². The Morgan fingerprint density at radius 1 is 1.47 bits per heavy atom. The first-order valence-corrected chi connectivity index (χ1v) is 7.58. The second-order valence-electron chi connectivity index (χ2n) is 4.76. The van der Waals surface area contributed by atoms with Crippen LogP contribution in [0.2, 0.25) is 0 Å². The molecule has 1 N–H and O–H groups in total. The minimum atomic E-state index is 0.309. The lowest BCUT2D eigenvalue weighted by atomic mass is 10.1. The Labute approximate surface area is 122 Å². The van der Waals surface area contributed by atoms with Gasteiger partial charge in [-0.2, -0.15) is 0 Å². The molecule has 1 aromatic rings. The monoisotopic (exact) mass is 328 g/mol. The van der Waals surface area contributed by atoms with Gasteiger partial charge in [-0.3, -0.25) is 0 Å². The van der Waals surface area contributed by atoms with E-state index in [9.17, 15) is 0 Å². The van der Waals surface area contributed by atoms with Gasteiger partial charge in [-0.05, 0) is 42.1 Å². The average molecular weight is 329 g/mol. The highest BCUT2D eigenvalue weighted by Crippen LogP contribution is 2.29. The molecule has 2 rings (SSSR count). The van der Waals surface area contributed by atoms with Gasteiger partial charge >= 0.3 is 0 Å². The molecule has 1 aliphatic heterocycles. The van der Waals surface area contributed by atoms with Crippen molar-refractivity contribution in [3.8, 4) is 0 Å². The maximum atomic E-state index is 5.77. The molecule has 1 aliphatic rings. The van der Waals surface area contributed by atoms with E-state index in [4.69, 9.17) is 4.74 Å². The van der Waals surface area contributed by atoms with E-state index in [1.54, 1.807) is 6.33 Å². The van der Waals surface area contributed by atoms with Crippen molar-refractivity contribution in [1.82, 2.24) is 9.97 Å². The molecule has 1 atom stereocenters. The molecule has 0 spiro atoms. The number of nitrogens with zero attached hydrogens (tertiary/aromatic N) is 3. The molecule has 6 heteroatoms. The molecule has 1 saturated heterocycles. The Balaban J connectivity index is 2.05. The van der Waals surface area contributed by atoms with Gasteiger partial charge in [0, 0.05) is 26.7 Å². The molecule has 0 saturated carbocycles. The van der Waals surface area contributed by atoms with Crippen molar-refractivity contribution in [3.05, 3.63) is 10.8 Å². The molecule has 0 amide bonds. The fraction of sp³-hybridized carbons (Fsp3) is 0.692. The van der Waals surface area contributed by atoms with E-state index in [1.807, 2.05) is 14.0 Å². The van der Waals surface area contributed by atoms with Crippen LogP contribution in [-0.4, -0.2) is 42.8 Å². The van der Waals surface area contributed by atoms with Crippen LogP contribution in [0.3, 0.4) is 0 Å². The average Bonchev–Trinajstić information content (AvgIpc) is 2.42. The summed E-state index contributed by atoms with van der Waals surface area (Å²) in [4.78, 5) is 10.7. The molecule has 0 bridgehead atoms. The zero-order chi connectivity index (χ0) is 13.7. The number of likely N-dealkylation sites (N-methyl/N-ethyl adjacent to an activating group) is 1. The fourth-order valence-corrected chi connectivity index (χ4v) is 2.91. The highest BCUT2D eigenvalue weighted by atomic mass is 79.9. The third kappa shape index (κ3) is 3.79. The lowest BCUT2D eigenvalue weighted by Gasteiger charge is -2.28. The van der Waals surface area contributed by atoms with Gasteiger partial charge in [-0.1, -0.05) is 0 Å². The molecular weight excluding hydrogens is 308 g/mol. The minimum absolute atomic E-state index is 0.309. The molecule has 106 valence electrons. The van der Waals surface area contributed by atoms with Gasteiger partial charge < -0.3 is 15.0 Å². The topological polar surface area (TPSA) is 50.3 Å². The van der Waals surface area contributed by atoms with E-state index < -0.39 is 0 Å². The van der Waals surface area contributed by atoms with Gasteiger partial charge in [0.2, 0.25) is 0 Å². The number of aromatic nitrogens is 2. The zero-order valence-electron chi connectivity index (χ0n) is 11.5. The minimum Gasteiger partial charge on any atom is -0.376 e. The summed E-state index contributed by atoms with van der Waals surface area (Å²) in [7, 11) is 2.04. The molecule has 19 heavy (non-hydrogen) atoms. The SMILES string of the molecule is CCNc1ncnc(N(C)CC2CCCCO2)c1Br. The van der Waals surface area contributed by atoms with Crippen molar-refractivity contribution in [1.29, 1.82) is 0 Å². The van der Waals surface area contributed by atoms with Crippen LogP contribution in [0.15, 0.2) is 10.8 Å². The number of halogens is 1. The molecule has 1 fully saturated rings. The van der Waals surface area contributed by atoms with E-state index in [2.05, 4.69) is 36.1 Å². The number of hydrogen-bond donors (Lipinski definition) is 1. The van der Waals surface area contributed by atoms with E-state index in [0.29, 0.717) is 6.10 Å². The van der Waals surface area contributed by atoms with Gasteiger partial charge in [0.25, 0.3) is 0 Å². The number of nitrogens with one attached hydrogen (secondary N) is 1. The summed E-state index contributed by atoms with van der Waals surface area (Å²) in [5, 5.41) is 3.22. The predicted molar refractivity (Wildman–Crippen MR) is 80.8 cm³/mol. The van der Waals surface area contributed by atoms with Crippen LogP contribution < -0.4 is 10.2 Å². The van der Waals surface area contributed by atoms with Crippen LogP contribution in [0.5, 0.6) is 0 Å². The van der Waals surface area contributed by atoms with Gasteiger partial charge in [-0.15, -0.1) is 0 Å². The van der Waals surface area contributed by atoms with Gasteiger partial charge in [0.05, 0.1) is 6.10 Å². The first-order valence-electron chi connectivity index (χ1n) is 6.79. The Morgan fingerprint density at radius 3 is 3.00 bits per heavy atom. The summed E-state index contributed by atoms with van der Waals surface area (Å²) in [6.07, 6.45) is 5.47. The van der Waals surface area contributed by atoms with E-state index in [-0.39, 0.29) is 0 Å². The standard InChI is InChI=1S/C13H21BrN4O/c1-3-15-12-11(14)13(17-9-16-12)18(2)8-10-6-4-5-7-19-10/h9-10H,3-8H2,1-2H3,(H,15,16,17). The molecule has 0 aromatic carbocycles. The summed E-state index contributed by atoms with van der Waals surface area (Å²) in [5.74, 6) is 1.74. The van der Waals surface area contributed by atoms with Crippen molar-refractivity contribution in [3.63, 3.8) is 0 Å². The molecule has 1 aromatic heterocycles. The fourth-order valence-electron chi connectivity index (χ4n) is 2.26. The van der Waals surface area contributed by atoms with Crippen LogP contribution in [0.25, 0.3) is 0 Å². The third-order valence-electron chi connectivity index (χ3n) is 3.23. The van der Waals surface area contributed by atoms with Gasteiger partial charge in [-0.25, -0.2) is 9.97 Å². The summed E-state index contributed by atoms with van der Waals surface area (Å²) in [5.41, 5.74) is 0. The predicted octanol–water partition coefficient (Wildman–Crippen LogP) is 2.68. The molecular formula is C13H21BrN4O. The smallest absolute Gasteiger partial charge is 0.148 e. The van der Waals surface area contributed by atoms with Gasteiger partial charge in [0.1, 0.15) is 22.4 Å². The zero-order valence-corrected chi connectivity index (χ0v) is 13.1. The Kier molecular flexibility index (Phi) is 5.39. The number of ether oxygens (including phenoxy) is 1. The summed E-state index contributed by atoms with van der Waals surface area (Å²) < 4.78 is 6.68. The summed E-state index contributed by atoms with van der Waals surface area (Å²) >= 11 is 3.58. The maximum Gasteiger partial charge on any atom is 0.148 e. The number of rotatable bonds is 5. The van der Waals surface area contributed by atoms with E-state index >= 15 is 0 Å². The maximum absolute atomic E-state index is 5.77. The molecule has 0 aliphatic carbocycles. The second-order valence-corrected chi connectivity index (χ2v) is 5.55. The summed E-state index contributed by atoms with van der Waals surface area (Å²) in [6.45, 7) is 4.63. The number of anilines is 2. The van der Waals surface area contributed by atoms with Crippen LogP contribution in [0.1, 0.15) is 26.2 Å². The molecule has 2 heterocycles. The highest BCUT2D eigenvalue weighted by Gasteiger charge is 2.19. The quantitative estimate of drug-likeness (QED) is 0.900. The van der Waals surface area contributed by atoms with E-state index in [0.717, 1.165) is 42.2 Å². The van der Waals surface area contributed by atoms with Gasteiger partial charge in [0.15, 0.2) is 0 Å². The van der Waals surface area contributed by atoms with Crippen molar-refractivity contribution in [2.45, 2.75) is 32.3 Å². The lowest BCUT2D eigenvalue weighted by Crippen LogP contribution is -2.34. The van der Waals surface area contributed by atoms with Crippen LogP contribution >= 0.6 is 15.9 Å². The largest absolute Gasteiger partial charge is 0.376 e. The van der Waals surface area contributed by atoms with Crippen molar-refractivity contribution >= 4 is 27.6 Å². The van der Waals surface area contributed by atoms with Crippen LogP contribution in [0, 0.1) is 0 Å². The third-order valence-corrected chi connectivity index (χ3v) is 3.96. The second kappa shape index (κ2) is 7.05. The highest BCUT2D eigenvalue weighted by molar-refractivity contribution is 9.10. The Bertz CT molecular complexity index is 410. The van der Waals surface area contributed by atoms with Crippen molar-refractivity contribution < 1.29 is 4.74 Å². The van der Waals surface area contributed by atoms with Crippen molar-refractivity contribution in [2.75, 3.05) is 37.0 Å². The van der Waals surface area contributed by atoms with Crippen LogP contribution in [0.4, 0.5) is 11.6 Å². The normalized spacial score (nSPS) is 19.2. The molecule has 1 unspecified atom stereocenters. The number of hydrogen-bond acceptors (Lipinski definition) is 5. The first-order chi connectivity index (χ1) is 9.22.